The Labute approximate surface area is 127 Å². The van der Waals surface area contributed by atoms with Crippen LogP contribution in [0.2, 0.25) is 0 Å². The lowest BCUT2D eigenvalue weighted by Crippen LogP contribution is -2.45. The third-order valence-electron chi connectivity index (χ3n) is 3.38. The minimum absolute atomic E-state index is 0.0761. The number of aliphatic hydroxyl groups excluding tert-OH is 1. The zero-order valence-electron chi connectivity index (χ0n) is 11.1. The van der Waals surface area contributed by atoms with Crippen molar-refractivity contribution in [3.05, 3.63) is 16.7 Å². The Hall–Kier alpha value is -0.700. The quantitative estimate of drug-likeness (QED) is 0.753. The molecule has 6 nitrogen and oxygen atoms in total. The minimum Gasteiger partial charge on any atom is -0.391 e. The Kier molecular flexibility index (Phi) is 5.00. The lowest BCUT2D eigenvalue weighted by Gasteiger charge is -2.28. The minimum atomic E-state index is -3.72. The van der Waals surface area contributed by atoms with Crippen molar-refractivity contribution in [2.75, 3.05) is 12.4 Å². The van der Waals surface area contributed by atoms with Gasteiger partial charge in [-0.1, -0.05) is 12.8 Å². The van der Waals surface area contributed by atoms with Gasteiger partial charge in [-0.05, 0) is 34.8 Å². The summed E-state index contributed by atoms with van der Waals surface area (Å²) in [7, 11) is -2.11. The number of nitrogens with zero attached hydrogens (tertiary/aromatic N) is 1. The molecule has 2 unspecified atom stereocenters. The van der Waals surface area contributed by atoms with Crippen LogP contribution < -0.4 is 10.0 Å². The Morgan fingerprint density at radius 3 is 2.75 bits per heavy atom. The highest BCUT2D eigenvalue weighted by Gasteiger charge is 2.29. The molecule has 0 radical (unpaired) electrons. The molecule has 0 amide bonds. The summed E-state index contributed by atoms with van der Waals surface area (Å²) < 4.78 is 28.1. The summed E-state index contributed by atoms with van der Waals surface area (Å²) >= 11 is 3.22. The number of aromatic nitrogens is 1. The molecule has 1 aliphatic rings. The van der Waals surface area contributed by atoms with Gasteiger partial charge in [0.2, 0.25) is 10.0 Å². The maximum Gasteiger partial charge on any atom is 0.244 e. The molecule has 0 aliphatic heterocycles. The molecule has 20 heavy (non-hydrogen) atoms. The zero-order chi connectivity index (χ0) is 14.8. The van der Waals surface area contributed by atoms with E-state index in [1.54, 1.807) is 7.05 Å². The second-order valence-corrected chi connectivity index (χ2v) is 7.43. The topological polar surface area (TPSA) is 91.3 Å². The third kappa shape index (κ3) is 3.49. The van der Waals surface area contributed by atoms with Crippen LogP contribution in [-0.4, -0.2) is 37.7 Å². The van der Waals surface area contributed by atoms with Gasteiger partial charge < -0.3 is 10.4 Å². The average Bonchev–Trinajstić information content (AvgIpc) is 2.41. The van der Waals surface area contributed by atoms with Gasteiger partial charge >= 0.3 is 0 Å². The number of halogens is 1. The normalized spacial score (nSPS) is 23.6. The fourth-order valence-corrected chi connectivity index (χ4v) is 4.30. The predicted octanol–water partition coefficient (Wildman–Crippen LogP) is 1.47. The van der Waals surface area contributed by atoms with E-state index in [-0.39, 0.29) is 10.7 Å². The van der Waals surface area contributed by atoms with E-state index in [2.05, 4.69) is 31.0 Å². The van der Waals surface area contributed by atoms with Gasteiger partial charge in [-0.15, -0.1) is 0 Å². The van der Waals surface area contributed by atoms with Crippen molar-refractivity contribution in [1.29, 1.82) is 0 Å². The molecule has 2 rings (SSSR count). The summed E-state index contributed by atoms with van der Waals surface area (Å²) in [6.07, 6.45) is 4.02. The summed E-state index contributed by atoms with van der Waals surface area (Å²) in [5, 5.41) is 12.7. The first-order valence-electron chi connectivity index (χ1n) is 6.48. The van der Waals surface area contributed by atoms with Gasteiger partial charge in [0.1, 0.15) is 10.7 Å². The standard InChI is InChI=1S/C12H18BrN3O3S/c1-14-12-11(6-8(13)7-15-12)20(18,19)16-9-4-2-3-5-10(9)17/h6-7,9-10,16-17H,2-5H2,1H3,(H,14,15). The molecule has 1 aliphatic carbocycles. The monoisotopic (exact) mass is 363 g/mol. The van der Waals surface area contributed by atoms with E-state index in [9.17, 15) is 13.5 Å². The Morgan fingerprint density at radius 1 is 1.40 bits per heavy atom. The van der Waals surface area contributed by atoms with Crippen LogP contribution in [0.25, 0.3) is 0 Å². The van der Waals surface area contributed by atoms with E-state index in [0.717, 1.165) is 12.8 Å². The summed E-state index contributed by atoms with van der Waals surface area (Å²) in [5.41, 5.74) is 0. The van der Waals surface area contributed by atoms with Crippen molar-refractivity contribution < 1.29 is 13.5 Å². The SMILES string of the molecule is CNc1ncc(Br)cc1S(=O)(=O)NC1CCCCC1O. The summed E-state index contributed by atoms with van der Waals surface area (Å²) in [6.45, 7) is 0. The molecule has 112 valence electrons. The van der Waals surface area contributed by atoms with Crippen LogP contribution in [0, 0.1) is 0 Å². The van der Waals surface area contributed by atoms with Crippen molar-refractivity contribution >= 4 is 31.8 Å². The van der Waals surface area contributed by atoms with Gasteiger partial charge in [-0.2, -0.15) is 0 Å². The molecule has 1 heterocycles. The number of nitrogens with one attached hydrogen (secondary N) is 2. The number of sulfonamides is 1. The number of hydrogen-bond acceptors (Lipinski definition) is 5. The molecular formula is C12H18BrN3O3S. The second kappa shape index (κ2) is 6.38. The van der Waals surface area contributed by atoms with Crippen LogP contribution in [0.4, 0.5) is 5.82 Å². The van der Waals surface area contributed by atoms with Crippen LogP contribution in [-0.2, 0) is 10.0 Å². The van der Waals surface area contributed by atoms with E-state index < -0.39 is 22.2 Å². The number of anilines is 1. The summed E-state index contributed by atoms with van der Waals surface area (Å²) in [4.78, 5) is 4.11. The number of aliphatic hydroxyl groups is 1. The van der Waals surface area contributed by atoms with Crippen LogP contribution in [0.1, 0.15) is 25.7 Å². The van der Waals surface area contributed by atoms with Crippen molar-refractivity contribution in [2.24, 2.45) is 0 Å². The molecule has 2 atom stereocenters. The van der Waals surface area contributed by atoms with Crippen molar-refractivity contribution in [3.8, 4) is 0 Å². The highest BCUT2D eigenvalue weighted by Crippen LogP contribution is 2.25. The molecule has 1 saturated carbocycles. The van der Waals surface area contributed by atoms with E-state index in [1.807, 2.05) is 0 Å². The fraction of sp³-hybridized carbons (Fsp3) is 0.583. The molecule has 0 spiro atoms. The Bertz CT molecular complexity index is 579. The van der Waals surface area contributed by atoms with E-state index in [4.69, 9.17) is 0 Å². The Balaban J connectivity index is 2.28. The lowest BCUT2D eigenvalue weighted by atomic mass is 9.93. The first-order valence-corrected chi connectivity index (χ1v) is 8.75. The first-order chi connectivity index (χ1) is 9.44. The smallest absolute Gasteiger partial charge is 0.244 e. The van der Waals surface area contributed by atoms with Crippen LogP contribution in [0.3, 0.4) is 0 Å². The predicted molar refractivity (Wildman–Crippen MR) is 80.1 cm³/mol. The van der Waals surface area contributed by atoms with Crippen LogP contribution in [0.15, 0.2) is 21.6 Å². The molecule has 3 N–H and O–H groups in total. The largest absolute Gasteiger partial charge is 0.391 e. The summed E-state index contributed by atoms with van der Waals surface area (Å²) in [6, 6.07) is 1.06. The van der Waals surface area contributed by atoms with Crippen molar-refractivity contribution in [3.63, 3.8) is 0 Å². The average molecular weight is 364 g/mol. The molecule has 0 saturated heterocycles. The zero-order valence-corrected chi connectivity index (χ0v) is 13.5. The van der Waals surface area contributed by atoms with Crippen LogP contribution >= 0.6 is 15.9 Å². The van der Waals surface area contributed by atoms with Crippen molar-refractivity contribution in [2.45, 2.75) is 42.7 Å². The fourth-order valence-electron chi connectivity index (χ4n) is 2.32. The molecule has 0 aromatic carbocycles. The third-order valence-corrected chi connectivity index (χ3v) is 5.32. The molecular weight excluding hydrogens is 346 g/mol. The van der Waals surface area contributed by atoms with E-state index in [0.29, 0.717) is 17.3 Å². The number of rotatable bonds is 4. The molecule has 1 fully saturated rings. The van der Waals surface area contributed by atoms with Gasteiger partial charge in [0.15, 0.2) is 0 Å². The molecule has 1 aromatic rings. The molecule has 0 bridgehead atoms. The molecule has 8 heteroatoms. The summed E-state index contributed by atoms with van der Waals surface area (Å²) in [5.74, 6) is 0.283. The maximum absolute atomic E-state index is 12.5. The number of pyridine rings is 1. The lowest BCUT2D eigenvalue weighted by molar-refractivity contribution is 0.101. The van der Waals surface area contributed by atoms with Crippen LogP contribution in [0.5, 0.6) is 0 Å². The van der Waals surface area contributed by atoms with Gasteiger partial charge in [0, 0.05) is 23.8 Å². The highest BCUT2D eigenvalue weighted by molar-refractivity contribution is 9.10. The van der Waals surface area contributed by atoms with Gasteiger partial charge in [-0.3, -0.25) is 0 Å². The van der Waals surface area contributed by atoms with Gasteiger partial charge in [0.25, 0.3) is 0 Å². The Morgan fingerprint density at radius 2 is 2.10 bits per heavy atom. The molecule has 1 aromatic heterocycles. The van der Waals surface area contributed by atoms with Crippen molar-refractivity contribution in [1.82, 2.24) is 9.71 Å². The van der Waals surface area contributed by atoms with Gasteiger partial charge in [-0.25, -0.2) is 18.1 Å². The first kappa shape index (κ1) is 15.7. The van der Waals surface area contributed by atoms with Gasteiger partial charge in [0.05, 0.1) is 6.10 Å². The van der Waals surface area contributed by atoms with E-state index in [1.165, 1.54) is 12.3 Å². The van der Waals surface area contributed by atoms with E-state index >= 15 is 0 Å². The number of hydrogen-bond donors (Lipinski definition) is 3. The highest BCUT2D eigenvalue weighted by atomic mass is 79.9. The maximum atomic E-state index is 12.5. The second-order valence-electron chi connectivity index (χ2n) is 4.83.